The van der Waals surface area contributed by atoms with E-state index in [-0.39, 0.29) is 12.1 Å². The number of hydrogen-bond donors (Lipinski definition) is 1. The van der Waals surface area contributed by atoms with Crippen LogP contribution in [0.1, 0.15) is 34.7 Å². The molecular weight excluding hydrogens is 466 g/mol. The number of nitrogens with zero attached hydrogens (tertiary/aromatic N) is 4. The van der Waals surface area contributed by atoms with Gasteiger partial charge in [-0.05, 0) is 80.2 Å². The van der Waals surface area contributed by atoms with Crippen molar-refractivity contribution in [2.45, 2.75) is 25.9 Å². The Balaban J connectivity index is 1.68. The lowest BCUT2D eigenvalue weighted by atomic mass is 9.96. The van der Waals surface area contributed by atoms with E-state index >= 15 is 0 Å². The van der Waals surface area contributed by atoms with Crippen molar-refractivity contribution in [3.05, 3.63) is 101 Å². The number of nitrogens with one attached hydrogen (secondary N) is 1. The van der Waals surface area contributed by atoms with Crippen molar-refractivity contribution < 1.29 is 4.74 Å². The molecule has 1 fully saturated rings. The number of halogens is 1. The van der Waals surface area contributed by atoms with Crippen LogP contribution in [0, 0.1) is 13.8 Å². The number of ether oxygens (including phenoxy) is 1. The lowest BCUT2D eigenvalue weighted by molar-refractivity contribution is 0.415. The molecule has 0 spiro atoms. The molecule has 0 radical (unpaired) electrons. The molecule has 0 aliphatic carbocycles. The third-order valence-corrected chi connectivity index (χ3v) is 6.81. The lowest BCUT2D eigenvalue weighted by Gasteiger charge is -2.28. The molecule has 1 aliphatic rings. The second-order valence-corrected chi connectivity index (χ2v) is 8.98. The Kier molecular flexibility index (Phi) is 5.98. The van der Waals surface area contributed by atoms with Gasteiger partial charge in [0.05, 0.1) is 41.8 Å². The minimum absolute atomic E-state index is 0.136. The molecule has 8 heteroatoms. The van der Waals surface area contributed by atoms with Gasteiger partial charge in [-0.2, -0.15) is 0 Å². The molecule has 0 unspecified atom stereocenters. The van der Waals surface area contributed by atoms with Crippen molar-refractivity contribution in [2.75, 3.05) is 12.0 Å². The van der Waals surface area contributed by atoms with Gasteiger partial charge < -0.3 is 19.5 Å². The summed E-state index contributed by atoms with van der Waals surface area (Å²) < 4.78 is 7.58. The van der Waals surface area contributed by atoms with Crippen LogP contribution in [0.4, 0.5) is 5.69 Å². The van der Waals surface area contributed by atoms with Crippen LogP contribution in [0.15, 0.2) is 73.2 Å². The van der Waals surface area contributed by atoms with Crippen molar-refractivity contribution in [3.8, 4) is 11.4 Å². The van der Waals surface area contributed by atoms with Gasteiger partial charge >= 0.3 is 0 Å². The first kappa shape index (κ1) is 22.4. The fourth-order valence-corrected chi connectivity index (χ4v) is 5.32. The summed E-state index contributed by atoms with van der Waals surface area (Å²) in [6.07, 6.45) is 5.46. The Labute approximate surface area is 209 Å². The van der Waals surface area contributed by atoms with Crippen molar-refractivity contribution in [2.24, 2.45) is 0 Å². The summed E-state index contributed by atoms with van der Waals surface area (Å²) in [5.41, 5.74) is 6.21. The van der Waals surface area contributed by atoms with E-state index in [0.717, 1.165) is 34.0 Å². The van der Waals surface area contributed by atoms with Crippen LogP contribution in [0.3, 0.4) is 0 Å². The smallest absolute Gasteiger partial charge is 0.174 e. The predicted octanol–water partition coefficient (Wildman–Crippen LogP) is 5.72. The van der Waals surface area contributed by atoms with Crippen molar-refractivity contribution in [3.63, 3.8) is 0 Å². The fourth-order valence-electron chi connectivity index (χ4n) is 4.72. The van der Waals surface area contributed by atoms with E-state index in [1.165, 1.54) is 0 Å². The van der Waals surface area contributed by atoms with E-state index in [9.17, 15) is 0 Å². The number of benzene rings is 1. The lowest BCUT2D eigenvalue weighted by Crippen LogP contribution is -2.29. The predicted molar refractivity (Wildman–Crippen MR) is 139 cm³/mol. The monoisotopic (exact) mass is 489 g/mol. The number of hydrogen-bond acceptors (Lipinski definition) is 4. The number of anilines is 1. The normalized spacial score (nSPS) is 17.6. The largest absolute Gasteiger partial charge is 0.495 e. The second kappa shape index (κ2) is 9.08. The highest BCUT2D eigenvalue weighted by Gasteiger charge is 2.42. The molecule has 172 valence electrons. The molecule has 34 heavy (non-hydrogen) atoms. The first-order valence-electron chi connectivity index (χ1n) is 10.9. The Hall–Kier alpha value is -3.42. The highest BCUT2D eigenvalue weighted by molar-refractivity contribution is 7.80. The summed E-state index contributed by atoms with van der Waals surface area (Å²) >= 11 is 12.4. The summed E-state index contributed by atoms with van der Waals surface area (Å²) in [6, 6.07) is 17.6. The van der Waals surface area contributed by atoms with E-state index in [1.54, 1.807) is 13.3 Å². The third kappa shape index (κ3) is 3.81. The molecule has 1 N–H and O–H groups in total. The number of rotatable bonds is 5. The summed E-state index contributed by atoms with van der Waals surface area (Å²) in [4.78, 5) is 11.1. The van der Waals surface area contributed by atoms with Gasteiger partial charge in [-0.15, -0.1) is 0 Å². The number of pyridine rings is 2. The zero-order chi connectivity index (χ0) is 23.8. The van der Waals surface area contributed by atoms with Gasteiger partial charge in [-0.1, -0.05) is 17.7 Å². The molecule has 0 bridgehead atoms. The molecule has 1 saturated heterocycles. The fraction of sp³-hybridized carbons (Fsp3) is 0.192. The molecule has 1 aliphatic heterocycles. The van der Waals surface area contributed by atoms with E-state index in [1.807, 2.05) is 54.9 Å². The zero-order valence-electron chi connectivity index (χ0n) is 19.1. The Morgan fingerprint density at radius 3 is 2.56 bits per heavy atom. The van der Waals surface area contributed by atoms with Crippen LogP contribution in [0.2, 0.25) is 5.02 Å². The Morgan fingerprint density at radius 1 is 1.03 bits per heavy atom. The highest BCUT2D eigenvalue weighted by Crippen LogP contribution is 2.44. The van der Waals surface area contributed by atoms with Crippen LogP contribution in [-0.4, -0.2) is 26.8 Å². The molecule has 2 atom stereocenters. The van der Waals surface area contributed by atoms with E-state index in [0.29, 0.717) is 15.9 Å². The minimum atomic E-state index is -0.141. The summed E-state index contributed by atoms with van der Waals surface area (Å²) in [5, 5.41) is 4.66. The molecule has 1 aromatic carbocycles. The van der Waals surface area contributed by atoms with Gasteiger partial charge in [0.15, 0.2) is 5.11 Å². The maximum atomic E-state index is 6.50. The maximum Gasteiger partial charge on any atom is 0.174 e. The van der Waals surface area contributed by atoms with Crippen molar-refractivity contribution in [1.29, 1.82) is 0 Å². The molecule has 3 aromatic heterocycles. The van der Waals surface area contributed by atoms with Crippen LogP contribution in [-0.2, 0) is 0 Å². The molecule has 0 saturated carbocycles. The van der Waals surface area contributed by atoms with Gasteiger partial charge in [0.2, 0.25) is 0 Å². The van der Waals surface area contributed by atoms with E-state index < -0.39 is 0 Å². The van der Waals surface area contributed by atoms with E-state index in [2.05, 4.69) is 50.7 Å². The molecular formula is C26H24ClN5OS. The number of aryl methyl sites for hydroxylation is 1. The first-order chi connectivity index (χ1) is 16.5. The Bertz CT molecular complexity index is 1340. The SMILES string of the molecule is COc1ccc(N2C(=S)N[C@H](c3ccccn3)[C@@H]2c2cc(C)n(-c3cccnc3)c2C)cc1Cl. The average Bonchev–Trinajstić information content (AvgIpc) is 3.35. The number of aromatic nitrogens is 3. The molecule has 5 rings (SSSR count). The molecule has 4 aromatic rings. The van der Waals surface area contributed by atoms with Gasteiger partial charge in [-0.3, -0.25) is 9.97 Å². The summed E-state index contributed by atoms with van der Waals surface area (Å²) in [6.45, 7) is 4.24. The van der Waals surface area contributed by atoms with Crippen molar-refractivity contribution >= 4 is 34.6 Å². The summed E-state index contributed by atoms with van der Waals surface area (Å²) in [7, 11) is 1.61. The number of methoxy groups -OCH3 is 1. The molecule has 4 heterocycles. The summed E-state index contributed by atoms with van der Waals surface area (Å²) in [5.74, 6) is 0.621. The van der Waals surface area contributed by atoms with Gasteiger partial charge in [0.1, 0.15) is 5.75 Å². The van der Waals surface area contributed by atoms with E-state index in [4.69, 9.17) is 28.6 Å². The first-order valence-corrected chi connectivity index (χ1v) is 11.7. The molecule has 6 nitrogen and oxygen atoms in total. The topological polar surface area (TPSA) is 55.2 Å². The van der Waals surface area contributed by atoms with Gasteiger partial charge in [0.25, 0.3) is 0 Å². The molecule has 0 amide bonds. The maximum absolute atomic E-state index is 6.50. The van der Waals surface area contributed by atoms with Gasteiger partial charge in [-0.25, -0.2) is 0 Å². The number of thiocarbonyl (C=S) groups is 1. The van der Waals surface area contributed by atoms with Gasteiger partial charge in [0, 0.05) is 29.5 Å². The standard InChI is InChI=1S/C26H24ClN5OS/c1-16-13-20(17(2)31(16)19-7-6-11-28-15-19)25-24(22-8-4-5-12-29-22)30-26(34)32(25)18-9-10-23(33-3)21(27)14-18/h4-15,24-25H,1-3H3,(H,30,34)/t24-,25+/m1/s1. The van der Waals surface area contributed by atoms with Crippen LogP contribution >= 0.6 is 23.8 Å². The van der Waals surface area contributed by atoms with Crippen LogP contribution in [0.5, 0.6) is 5.75 Å². The second-order valence-electron chi connectivity index (χ2n) is 8.19. The van der Waals surface area contributed by atoms with Crippen LogP contribution in [0.25, 0.3) is 5.69 Å². The quantitative estimate of drug-likeness (QED) is 0.362. The minimum Gasteiger partial charge on any atom is -0.495 e. The van der Waals surface area contributed by atoms with Crippen LogP contribution < -0.4 is 15.0 Å². The Morgan fingerprint density at radius 2 is 1.88 bits per heavy atom. The highest BCUT2D eigenvalue weighted by atomic mass is 35.5. The third-order valence-electron chi connectivity index (χ3n) is 6.20. The van der Waals surface area contributed by atoms with Crippen molar-refractivity contribution in [1.82, 2.24) is 19.9 Å². The zero-order valence-corrected chi connectivity index (χ0v) is 20.6. The average molecular weight is 490 g/mol.